The number of halogens is 3. The van der Waals surface area contributed by atoms with E-state index >= 15 is 0 Å². The Kier molecular flexibility index (Phi) is 18.9. The number of H-pyrrole nitrogens is 2. The summed E-state index contributed by atoms with van der Waals surface area (Å²) in [6, 6.07) is 13.9. The number of hydrogen-bond acceptors (Lipinski definition) is 15. The molecule has 2 aliphatic heterocycles. The predicted octanol–water partition coefficient (Wildman–Crippen LogP) is 8.82. The second kappa shape index (κ2) is 25.6. The number of carbonyl (C=O) groups excluding carboxylic acids is 2. The van der Waals surface area contributed by atoms with Crippen LogP contribution in [0.5, 0.6) is 0 Å². The van der Waals surface area contributed by atoms with Crippen LogP contribution >= 0.6 is 37.2 Å². The van der Waals surface area contributed by atoms with Crippen molar-refractivity contribution >= 4 is 110 Å². The molecule has 20 nitrogen and oxygen atoms in total. The van der Waals surface area contributed by atoms with Crippen LogP contribution < -0.4 is 28.4 Å². The van der Waals surface area contributed by atoms with Crippen molar-refractivity contribution in [3.05, 3.63) is 85.6 Å². The summed E-state index contributed by atoms with van der Waals surface area (Å²) in [6.07, 6.45) is 20.6. The molecule has 0 radical (unpaired) electrons. The molecule has 448 valence electrons. The number of nitrogens with zero attached hydrogens (tertiary/aromatic N) is 11. The normalized spacial score (nSPS) is 24.5. The van der Waals surface area contributed by atoms with Gasteiger partial charge in [0.15, 0.2) is 5.65 Å². The second-order valence-electron chi connectivity index (χ2n) is 25.4. The number of likely N-dealkylation sites (tertiary alicyclic amines) is 2. The van der Waals surface area contributed by atoms with Gasteiger partial charge in [-0.1, -0.05) is 37.0 Å². The van der Waals surface area contributed by atoms with Crippen molar-refractivity contribution in [2.45, 2.75) is 140 Å². The topological polar surface area (TPSA) is 226 Å². The van der Waals surface area contributed by atoms with E-state index in [1.54, 1.807) is 49.2 Å². The fraction of sp³-hybridized carbons (Fsp3) is 0.559. The number of benzene rings is 1. The Morgan fingerprint density at radius 1 is 0.627 bits per heavy atom. The van der Waals surface area contributed by atoms with E-state index in [0.29, 0.717) is 79.0 Å². The molecule has 9 atom stereocenters. The Balaban J connectivity index is 0.000000142. The van der Waals surface area contributed by atoms with E-state index in [1.807, 2.05) is 83.8 Å². The Morgan fingerprint density at radius 2 is 1.08 bits per heavy atom. The predicted molar refractivity (Wildman–Crippen MR) is 337 cm³/mol. The zero-order valence-electron chi connectivity index (χ0n) is 48.8. The van der Waals surface area contributed by atoms with Crippen molar-refractivity contribution in [1.29, 1.82) is 0 Å². The molecule has 24 heteroatoms. The van der Waals surface area contributed by atoms with Crippen LogP contribution in [0.4, 0.5) is 27.0 Å². The summed E-state index contributed by atoms with van der Waals surface area (Å²) in [7, 11) is 0.418. The number of amides is 2. The van der Waals surface area contributed by atoms with Crippen LogP contribution in [0.25, 0.3) is 33.1 Å². The van der Waals surface area contributed by atoms with Crippen LogP contribution in [0.15, 0.2) is 84.9 Å². The number of hydrogen-bond donors (Lipinski definition) is 3. The van der Waals surface area contributed by atoms with Gasteiger partial charge in [0.05, 0.1) is 21.1 Å². The summed E-state index contributed by atoms with van der Waals surface area (Å²) < 4.78 is 38.9. The molecule has 3 N–H and O–H groups in total. The van der Waals surface area contributed by atoms with Crippen molar-refractivity contribution < 1.29 is 40.7 Å². The van der Waals surface area contributed by atoms with E-state index in [4.69, 9.17) is 9.47 Å². The van der Waals surface area contributed by atoms with E-state index in [1.165, 1.54) is 42.4 Å². The van der Waals surface area contributed by atoms with Gasteiger partial charge in [0.2, 0.25) is 0 Å². The van der Waals surface area contributed by atoms with E-state index in [-0.39, 0.29) is 23.1 Å². The first-order chi connectivity index (χ1) is 39.6. The van der Waals surface area contributed by atoms with Gasteiger partial charge in [-0.15, -0.1) is 0 Å². The molecule has 0 spiro atoms. The van der Waals surface area contributed by atoms with Crippen molar-refractivity contribution in [3.63, 3.8) is 0 Å². The van der Waals surface area contributed by atoms with Crippen LogP contribution in [-0.4, -0.2) is 144 Å². The summed E-state index contributed by atoms with van der Waals surface area (Å²) in [4.78, 5) is 65.7. The minimum absolute atomic E-state index is 0.184. The average Bonchev–Trinajstić information content (AvgIpc) is 4.08. The molecule has 0 bridgehead atoms. The van der Waals surface area contributed by atoms with Gasteiger partial charge in [0.25, 0.3) is 10.0 Å². The number of aromatic amines is 2. The van der Waals surface area contributed by atoms with Crippen molar-refractivity contribution in [1.82, 2.24) is 53.6 Å². The number of anilines is 3. The molecule has 3 unspecified atom stereocenters. The quantitative estimate of drug-likeness (QED) is 0.121. The zero-order valence-corrected chi connectivity index (χ0v) is 56.1. The monoisotopic (exact) mass is 1490 g/mol. The Labute approximate surface area is 516 Å². The third-order valence-corrected chi connectivity index (χ3v) is 19.2. The van der Waals surface area contributed by atoms with Gasteiger partial charge in [0, 0.05) is 77.0 Å². The summed E-state index contributed by atoms with van der Waals surface area (Å²) >= 11 is 5.30. The molecule has 83 heavy (non-hydrogen) atoms. The summed E-state index contributed by atoms with van der Waals surface area (Å²) in [5, 5.41) is 6.44. The molecule has 8 heterocycles. The van der Waals surface area contributed by atoms with E-state index in [2.05, 4.69) is 105 Å². The molecule has 1 aromatic carbocycles. The summed E-state index contributed by atoms with van der Waals surface area (Å²) in [6.45, 7) is 16.3. The van der Waals surface area contributed by atoms with Crippen LogP contribution in [0.1, 0.15) is 105 Å². The number of ether oxygens (including phenoxy) is 2. The molecule has 2 amide bonds. The molecule has 6 aliphatic rings. The molecule has 6 fully saturated rings. The van der Waals surface area contributed by atoms with Crippen molar-refractivity contribution in [3.8, 4) is 0 Å². The fourth-order valence-corrected chi connectivity index (χ4v) is 15.0. The number of fused-ring (bicyclic) bond motifs is 6. The van der Waals surface area contributed by atoms with Crippen molar-refractivity contribution in [2.24, 2.45) is 35.5 Å². The van der Waals surface area contributed by atoms with Gasteiger partial charge in [-0.25, -0.2) is 51.9 Å². The number of rotatable bonds is 8. The molecule has 2 saturated heterocycles. The first-order valence-electron chi connectivity index (χ1n) is 28.8. The average molecular weight is 1490 g/mol. The van der Waals surface area contributed by atoms with E-state index in [0.717, 1.165) is 89.9 Å². The fourth-order valence-electron chi connectivity index (χ4n) is 13.7. The van der Waals surface area contributed by atoms with Gasteiger partial charge in [-0.3, -0.25) is 0 Å². The van der Waals surface area contributed by atoms with E-state index < -0.39 is 21.2 Å². The Hall–Kier alpha value is -4.84. The number of carbonyl (C=O) groups is 2. The molecule has 4 aliphatic carbocycles. The standard InChI is InChI=1S/C26H33N5O4S.C18H25N5O2.C15H20N4.I3/c1-17-6-8-21(9-7-17)36(33,34)31-11-10-22-23(27-16-28-24(22)31)29(5)20-12-18-14-30(15-19(18)13-20)25(32)35-26(2,3)4;1-18(2,3)25-17(24)23-8-11-6-13(7-12(11)9-23)22-16-14-4-5-19-15(14)20-10-21-16;1-19(12-7-10-3-2-4-11(10)8-12)15-13-5-6-16-14(13)17-9-18-15;1-3-2/h6-11,16,18-20H,12-15H2,1-5H3;4-5,10-13H,6-9H2,1-3H3,(H2,19,20,21,22);5-6,9-12H,2-4,7-8H2,1H3,(H,16,17,18);/q;;;-1/t18-,19+,20?;11-,12+,13?;10-,11+,12?;. The number of nitrogens with one attached hydrogen (secondary N) is 3. The summed E-state index contributed by atoms with van der Waals surface area (Å²) in [5.41, 5.74) is 2.21. The van der Waals surface area contributed by atoms with Gasteiger partial charge >= 0.3 is 62.7 Å². The second-order valence-corrected chi connectivity index (χ2v) is 43.4. The molecule has 13 rings (SSSR count). The molecule has 7 aromatic rings. The minimum atomic E-state index is -3.78. The Morgan fingerprint density at radius 3 is 1.61 bits per heavy atom. The maximum atomic E-state index is 13.3. The van der Waals surface area contributed by atoms with Crippen molar-refractivity contribution in [2.75, 3.05) is 55.4 Å². The molecular weight excluding hydrogens is 1410 g/mol. The molecule has 6 aromatic heterocycles. The van der Waals surface area contributed by atoms with Crippen LogP contribution in [-0.2, 0) is 19.5 Å². The van der Waals surface area contributed by atoms with Gasteiger partial charge in [-0.2, -0.15) is 0 Å². The third kappa shape index (κ3) is 14.0. The third-order valence-electron chi connectivity index (χ3n) is 17.5. The van der Waals surface area contributed by atoms with Crippen LogP contribution in [0.3, 0.4) is 0 Å². The first-order valence-corrected chi connectivity index (χ1v) is 42.8. The van der Waals surface area contributed by atoms with Crippen LogP contribution in [0.2, 0.25) is 0 Å². The van der Waals surface area contributed by atoms with Gasteiger partial charge in [0.1, 0.15) is 58.9 Å². The first kappa shape index (κ1) is 61.3. The van der Waals surface area contributed by atoms with Gasteiger partial charge < -0.3 is 44.4 Å². The number of aryl methyl sites for hydroxylation is 1. The summed E-state index contributed by atoms with van der Waals surface area (Å²) in [5.74, 6) is 6.51. The molecule has 4 saturated carbocycles. The molecular formula is C59H78I3N14O6S-. The SMILES string of the molecule is CC(C)(C)OC(=O)N1C[C@H]2CC(Nc3ncnc4[nH]ccc34)C[C@H]2C1.CN(c1ncnc2[nH]ccc12)C1C[C@H]2CCC[C@H]2C1.Cc1ccc(S(=O)(=O)n2ccc3c(N(C)C4C[C@@H]5CN(C(=O)OC(C)(C)C)C[C@@H]5C4)ncnc32)cc1.I[I-]I. The zero-order chi connectivity index (χ0) is 59.0. The number of aromatic nitrogens is 9. The van der Waals surface area contributed by atoms with Gasteiger partial charge in [-0.05, 0) is 153 Å². The maximum absolute atomic E-state index is 13.3. The Bertz CT molecular complexity index is 3460. The van der Waals surface area contributed by atoms with Crippen LogP contribution in [0, 0.1) is 42.4 Å². The van der Waals surface area contributed by atoms with E-state index in [9.17, 15) is 18.0 Å².